The Morgan fingerprint density at radius 1 is 1.15 bits per heavy atom. The number of methoxy groups -OCH3 is 1. The molecule has 1 aliphatic heterocycles. The number of ether oxygens (including phenoxy) is 1. The first kappa shape index (κ1) is 18.9. The van der Waals surface area contributed by atoms with Gasteiger partial charge in [0.05, 0.1) is 13.3 Å². The number of hydrogen-bond donors (Lipinski definition) is 0. The number of piperazine rings is 1. The molecular weight excluding hydrogens is 352 g/mol. The Morgan fingerprint density at radius 2 is 1.88 bits per heavy atom. The summed E-state index contributed by atoms with van der Waals surface area (Å²) in [6.45, 7) is 7.01. The molecule has 0 bridgehead atoms. The van der Waals surface area contributed by atoms with E-state index in [1.54, 1.807) is 28.4 Å². The molecule has 1 aromatic carbocycles. The normalized spacial score (nSPS) is 16.9. The van der Waals surface area contributed by atoms with Crippen LogP contribution in [0, 0.1) is 0 Å². The van der Waals surface area contributed by atoms with Crippen molar-refractivity contribution in [2.75, 3.05) is 33.3 Å². The van der Waals surface area contributed by atoms with E-state index in [-0.39, 0.29) is 11.1 Å². The minimum atomic E-state index is -3.51. The topological polar surface area (TPSA) is 67.7 Å². The maximum Gasteiger partial charge on any atom is 0.260 e. The second-order valence-corrected chi connectivity index (χ2v) is 8.62. The maximum atomic E-state index is 13.0. The first-order chi connectivity index (χ1) is 12.4. The highest BCUT2D eigenvalue weighted by atomic mass is 32.2. The second-order valence-electron chi connectivity index (χ2n) is 6.74. The lowest BCUT2D eigenvalue weighted by molar-refractivity contribution is 0.181. The van der Waals surface area contributed by atoms with Gasteiger partial charge in [-0.05, 0) is 37.6 Å². The molecule has 0 atom stereocenters. The highest BCUT2D eigenvalue weighted by Gasteiger charge is 2.31. The Hall–Kier alpha value is -1.90. The van der Waals surface area contributed by atoms with Gasteiger partial charge in [0.2, 0.25) is 0 Å². The van der Waals surface area contributed by atoms with Crippen LogP contribution < -0.4 is 4.74 Å². The smallest absolute Gasteiger partial charge is 0.260 e. The molecule has 2 heterocycles. The summed E-state index contributed by atoms with van der Waals surface area (Å²) in [5.41, 5.74) is 1.17. The number of nitrogens with zero attached hydrogens (tertiary/aromatic N) is 4. The van der Waals surface area contributed by atoms with E-state index in [9.17, 15) is 8.42 Å². The number of aromatic nitrogens is 2. The molecule has 1 aromatic heterocycles. The van der Waals surface area contributed by atoms with Crippen LogP contribution in [0.5, 0.6) is 5.75 Å². The van der Waals surface area contributed by atoms with Crippen LogP contribution in [0.3, 0.4) is 0 Å². The van der Waals surface area contributed by atoms with E-state index in [1.807, 2.05) is 32.0 Å². The summed E-state index contributed by atoms with van der Waals surface area (Å²) in [6.07, 6.45) is 1.55. The van der Waals surface area contributed by atoms with Crippen molar-refractivity contribution in [1.29, 1.82) is 0 Å². The average Bonchev–Trinajstić information content (AvgIpc) is 3.13. The van der Waals surface area contributed by atoms with E-state index < -0.39 is 10.0 Å². The van der Waals surface area contributed by atoms with Crippen molar-refractivity contribution in [3.63, 3.8) is 0 Å². The van der Waals surface area contributed by atoms with E-state index in [1.165, 1.54) is 5.56 Å². The molecule has 1 fully saturated rings. The first-order valence-electron chi connectivity index (χ1n) is 8.81. The van der Waals surface area contributed by atoms with Gasteiger partial charge in [-0.3, -0.25) is 9.58 Å². The summed E-state index contributed by atoms with van der Waals surface area (Å²) in [7, 11) is -1.86. The standard InChI is InChI=1S/C18H26N4O3S/c1-15(2)22-18(7-8-19-22)26(23,24)21-11-9-20(10-12-21)14-16-5-4-6-17(13-16)25-3/h4-8,13,15H,9-12,14H2,1-3H3. The fourth-order valence-electron chi connectivity index (χ4n) is 3.18. The van der Waals surface area contributed by atoms with Crippen LogP contribution in [-0.2, 0) is 16.6 Å². The minimum absolute atomic E-state index is 0.00382. The van der Waals surface area contributed by atoms with Crippen molar-refractivity contribution in [3.8, 4) is 5.75 Å². The third-order valence-corrected chi connectivity index (χ3v) is 6.50. The van der Waals surface area contributed by atoms with Crippen molar-refractivity contribution < 1.29 is 13.2 Å². The van der Waals surface area contributed by atoms with Crippen LogP contribution in [0.4, 0.5) is 0 Å². The van der Waals surface area contributed by atoms with Crippen molar-refractivity contribution in [1.82, 2.24) is 19.0 Å². The van der Waals surface area contributed by atoms with Gasteiger partial charge in [0.1, 0.15) is 5.75 Å². The Labute approximate surface area is 155 Å². The van der Waals surface area contributed by atoms with Crippen LogP contribution in [0.2, 0.25) is 0 Å². The van der Waals surface area contributed by atoms with E-state index >= 15 is 0 Å². The third-order valence-electron chi connectivity index (χ3n) is 4.60. The van der Waals surface area contributed by atoms with Gasteiger partial charge in [-0.25, -0.2) is 8.42 Å². The lowest BCUT2D eigenvalue weighted by atomic mass is 10.2. The highest BCUT2D eigenvalue weighted by Crippen LogP contribution is 2.21. The summed E-state index contributed by atoms with van der Waals surface area (Å²) in [6, 6.07) is 9.56. The van der Waals surface area contributed by atoms with E-state index in [0.717, 1.165) is 12.3 Å². The number of rotatable bonds is 6. The Kier molecular flexibility index (Phi) is 5.64. The molecular formula is C18H26N4O3S. The van der Waals surface area contributed by atoms with Gasteiger partial charge in [-0.1, -0.05) is 12.1 Å². The van der Waals surface area contributed by atoms with Gasteiger partial charge in [0, 0.05) is 38.8 Å². The number of benzene rings is 1. The molecule has 0 spiro atoms. The Balaban J connectivity index is 1.65. The predicted octanol–water partition coefficient (Wildman–Crippen LogP) is 1.98. The molecule has 0 amide bonds. The van der Waals surface area contributed by atoms with E-state index in [0.29, 0.717) is 26.2 Å². The fraction of sp³-hybridized carbons (Fsp3) is 0.500. The SMILES string of the molecule is COc1cccc(CN2CCN(S(=O)(=O)c3ccnn3C(C)C)CC2)c1. The molecule has 26 heavy (non-hydrogen) atoms. The van der Waals surface area contributed by atoms with Crippen LogP contribution in [0.1, 0.15) is 25.5 Å². The van der Waals surface area contributed by atoms with Crippen LogP contribution >= 0.6 is 0 Å². The van der Waals surface area contributed by atoms with Crippen molar-refractivity contribution in [2.45, 2.75) is 31.5 Å². The third kappa shape index (κ3) is 3.92. The summed E-state index contributed by atoms with van der Waals surface area (Å²) in [4.78, 5) is 2.26. The summed E-state index contributed by atoms with van der Waals surface area (Å²) in [5.74, 6) is 0.839. The Morgan fingerprint density at radius 3 is 2.54 bits per heavy atom. The van der Waals surface area contributed by atoms with Gasteiger partial charge in [0.15, 0.2) is 5.03 Å². The van der Waals surface area contributed by atoms with Gasteiger partial charge in [-0.2, -0.15) is 9.40 Å². The minimum Gasteiger partial charge on any atom is -0.497 e. The van der Waals surface area contributed by atoms with Crippen LogP contribution in [-0.4, -0.2) is 60.7 Å². The maximum absolute atomic E-state index is 13.0. The van der Waals surface area contributed by atoms with Gasteiger partial charge in [-0.15, -0.1) is 0 Å². The molecule has 142 valence electrons. The molecule has 3 rings (SSSR count). The monoisotopic (exact) mass is 378 g/mol. The zero-order chi connectivity index (χ0) is 18.7. The average molecular weight is 378 g/mol. The lowest BCUT2D eigenvalue weighted by Gasteiger charge is -2.34. The quantitative estimate of drug-likeness (QED) is 0.769. The van der Waals surface area contributed by atoms with Crippen molar-refractivity contribution >= 4 is 10.0 Å². The molecule has 0 saturated carbocycles. The molecule has 8 heteroatoms. The zero-order valence-electron chi connectivity index (χ0n) is 15.5. The number of hydrogen-bond acceptors (Lipinski definition) is 5. The van der Waals surface area contributed by atoms with Gasteiger partial charge in [0.25, 0.3) is 10.0 Å². The van der Waals surface area contributed by atoms with E-state index in [4.69, 9.17) is 4.74 Å². The predicted molar refractivity (Wildman–Crippen MR) is 99.6 cm³/mol. The molecule has 1 saturated heterocycles. The van der Waals surface area contributed by atoms with Crippen molar-refractivity contribution in [2.24, 2.45) is 0 Å². The van der Waals surface area contributed by atoms with E-state index in [2.05, 4.69) is 16.1 Å². The lowest BCUT2D eigenvalue weighted by Crippen LogP contribution is -2.48. The molecule has 2 aromatic rings. The van der Waals surface area contributed by atoms with Gasteiger partial charge < -0.3 is 4.74 Å². The van der Waals surface area contributed by atoms with Crippen LogP contribution in [0.15, 0.2) is 41.6 Å². The Bertz CT molecular complexity index is 840. The molecule has 0 aliphatic carbocycles. The summed E-state index contributed by atoms with van der Waals surface area (Å²) >= 11 is 0. The molecule has 0 radical (unpaired) electrons. The first-order valence-corrected chi connectivity index (χ1v) is 10.2. The largest absolute Gasteiger partial charge is 0.497 e. The molecule has 0 unspecified atom stereocenters. The second kappa shape index (κ2) is 7.77. The van der Waals surface area contributed by atoms with Gasteiger partial charge >= 0.3 is 0 Å². The van der Waals surface area contributed by atoms with Crippen molar-refractivity contribution in [3.05, 3.63) is 42.1 Å². The van der Waals surface area contributed by atoms with Crippen LogP contribution in [0.25, 0.3) is 0 Å². The zero-order valence-corrected chi connectivity index (χ0v) is 16.3. The molecule has 0 N–H and O–H groups in total. The molecule has 7 nitrogen and oxygen atoms in total. The molecule has 1 aliphatic rings. The number of sulfonamides is 1. The fourth-order valence-corrected chi connectivity index (χ4v) is 4.82. The summed E-state index contributed by atoms with van der Waals surface area (Å²) < 4.78 is 34.3. The summed E-state index contributed by atoms with van der Waals surface area (Å²) in [5, 5.41) is 4.42. The highest BCUT2D eigenvalue weighted by molar-refractivity contribution is 7.89.